The molecule has 0 saturated carbocycles. The van der Waals surface area contributed by atoms with Gasteiger partial charge >= 0.3 is 0 Å². The van der Waals surface area contributed by atoms with Crippen molar-refractivity contribution in [3.8, 4) is 0 Å². The number of aromatic nitrogens is 2. The van der Waals surface area contributed by atoms with Crippen molar-refractivity contribution in [1.29, 1.82) is 0 Å². The Kier molecular flexibility index (Phi) is 6.62. The SMILES string of the molecule is CN(Cc1ncc[nH]1)C(=O)[C@H]1CCC(=O)N(CCCN2CCOCC2)C1. The van der Waals surface area contributed by atoms with Crippen LogP contribution < -0.4 is 0 Å². The smallest absolute Gasteiger partial charge is 0.227 e. The molecule has 0 aromatic carbocycles. The Morgan fingerprint density at radius 3 is 2.92 bits per heavy atom. The van der Waals surface area contributed by atoms with Gasteiger partial charge in [-0.3, -0.25) is 14.5 Å². The molecule has 0 bridgehead atoms. The molecule has 8 heteroatoms. The molecular weight excluding hydrogens is 334 g/mol. The number of likely N-dealkylation sites (tertiary alicyclic amines) is 1. The molecule has 144 valence electrons. The van der Waals surface area contributed by atoms with Crippen LogP contribution in [0.15, 0.2) is 12.4 Å². The third kappa shape index (κ3) is 5.04. The molecule has 1 N–H and O–H groups in total. The van der Waals surface area contributed by atoms with Crippen molar-refractivity contribution < 1.29 is 14.3 Å². The number of piperidine rings is 1. The Labute approximate surface area is 154 Å². The van der Waals surface area contributed by atoms with Crippen LogP contribution in [0.5, 0.6) is 0 Å². The van der Waals surface area contributed by atoms with E-state index in [4.69, 9.17) is 4.74 Å². The van der Waals surface area contributed by atoms with Crippen molar-refractivity contribution in [3.63, 3.8) is 0 Å². The number of rotatable bonds is 7. The van der Waals surface area contributed by atoms with E-state index >= 15 is 0 Å². The Bertz CT molecular complexity index is 586. The minimum atomic E-state index is -0.115. The second kappa shape index (κ2) is 9.14. The van der Waals surface area contributed by atoms with Crippen LogP contribution in [0.3, 0.4) is 0 Å². The number of hydrogen-bond acceptors (Lipinski definition) is 5. The molecule has 2 aliphatic rings. The van der Waals surface area contributed by atoms with Crippen LogP contribution in [0.25, 0.3) is 0 Å². The summed E-state index contributed by atoms with van der Waals surface area (Å²) in [6, 6.07) is 0. The molecule has 26 heavy (non-hydrogen) atoms. The highest BCUT2D eigenvalue weighted by Crippen LogP contribution is 2.20. The largest absolute Gasteiger partial charge is 0.379 e. The van der Waals surface area contributed by atoms with Gasteiger partial charge in [-0.05, 0) is 12.8 Å². The summed E-state index contributed by atoms with van der Waals surface area (Å²) in [5.41, 5.74) is 0. The van der Waals surface area contributed by atoms with Gasteiger partial charge in [-0.2, -0.15) is 0 Å². The molecule has 0 radical (unpaired) electrons. The van der Waals surface area contributed by atoms with Gasteiger partial charge in [0.2, 0.25) is 11.8 Å². The number of imidazole rings is 1. The summed E-state index contributed by atoms with van der Waals surface area (Å²) in [6.07, 6.45) is 5.48. The summed E-state index contributed by atoms with van der Waals surface area (Å²) < 4.78 is 5.36. The van der Waals surface area contributed by atoms with Crippen molar-refractivity contribution >= 4 is 11.8 Å². The predicted octanol–water partition coefficient (Wildman–Crippen LogP) is 0.329. The molecule has 0 spiro atoms. The van der Waals surface area contributed by atoms with Gasteiger partial charge in [0.15, 0.2) is 0 Å². The number of carbonyl (C=O) groups excluding carboxylic acids is 2. The zero-order valence-corrected chi connectivity index (χ0v) is 15.5. The number of ether oxygens (including phenoxy) is 1. The van der Waals surface area contributed by atoms with E-state index in [9.17, 15) is 9.59 Å². The van der Waals surface area contributed by atoms with Crippen molar-refractivity contribution in [2.45, 2.75) is 25.8 Å². The molecule has 0 aliphatic carbocycles. The monoisotopic (exact) mass is 363 g/mol. The molecule has 1 aromatic rings. The second-order valence-electron chi connectivity index (χ2n) is 7.11. The van der Waals surface area contributed by atoms with Gasteiger partial charge in [0.05, 0.1) is 25.7 Å². The lowest BCUT2D eigenvalue weighted by Gasteiger charge is -2.34. The molecule has 2 amide bonds. The normalized spacial score (nSPS) is 21.8. The molecular formula is C18H29N5O3. The lowest BCUT2D eigenvalue weighted by atomic mass is 9.96. The van der Waals surface area contributed by atoms with Gasteiger partial charge < -0.3 is 19.5 Å². The predicted molar refractivity (Wildman–Crippen MR) is 96.2 cm³/mol. The quantitative estimate of drug-likeness (QED) is 0.755. The standard InChI is InChI=1S/C18H29N5O3/c1-21(14-16-19-5-6-20-16)18(25)15-3-4-17(24)23(13-15)8-2-7-22-9-11-26-12-10-22/h5-6,15H,2-4,7-14H2,1H3,(H,19,20)/t15-/m0/s1. The second-order valence-corrected chi connectivity index (χ2v) is 7.11. The van der Waals surface area contributed by atoms with E-state index in [0.717, 1.165) is 51.6 Å². The van der Waals surface area contributed by atoms with E-state index in [2.05, 4.69) is 14.9 Å². The number of hydrogen-bond donors (Lipinski definition) is 1. The highest BCUT2D eigenvalue weighted by Gasteiger charge is 2.31. The van der Waals surface area contributed by atoms with Gasteiger partial charge in [-0.15, -0.1) is 0 Å². The minimum Gasteiger partial charge on any atom is -0.379 e. The summed E-state index contributed by atoms with van der Waals surface area (Å²) >= 11 is 0. The van der Waals surface area contributed by atoms with E-state index in [1.807, 2.05) is 4.90 Å². The maximum atomic E-state index is 12.7. The topological polar surface area (TPSA) is 81.8 Å². The molecule has 1 atom stereocenters. The number of H-pyrrole nitrogens is 1. The Hall–Kier alpha value is -1.93. The van der Waals surface area contributed by atoms with E-state index in [0.29, 0.717) is 25.9 Å². The summed E-state index contributed by atoms with van der Waals surface area (Å²) in [7, 11) is 1.80. The average Bonchev–Trinajstić information content (AvgIpc) is 3.16. The van der Waals surface area contributed by atoms with Crippen molar-refractivity contribution in [1.82, 2.24) is 24.7 Å². The number of morpholine rings is 1. The van der Waals surface area contributed by atoms with Gasteiger partial charge in [-0.1, -0.05) is 0 Å². The van der Waals surface area contributed by atoms with Crippen molar-refractivity contribution in [2.75, 3.05) is 53.0 Å². The third-order valence-electron chi connectivity index (χ3n) is 5.17. The molecule has 2 aliphatic heterocycles. The first-order valence-electron chi connectivity index (χ1n) is 9.44. The Balaban J connectivity index is 1.45. The summed E-state index contributed by atoms with van der Waals surface area (Å²) in [5.74, 6) is 0.919. The first kappa shape index (κ1) is 18.8. The first-order chi connectivity index (χ1) is 12.6. The summed E-state index contributed by atoms with van der Waals surface area (Å²) in [4.78, 5) is 38.1. The lowest BCUT2D eigenvalue weighted by molar-refractivity contribution is -0.142. The number of nitrogens with zero attached hydrogens (tertiary/aromatic N) is 4. The molecule has 3 rings (SSSR count). The van der Waals surface area contributed by atoms with Crippen LogP contribution in [0, 0.1) is 5.92 Å². The van der Waals surface area contributed by atoms with Gasteiger partial charge in [0, 0.05) is 58.6 Å². The summed E-state index contributed by atoms with van der Waals surface area (Å²) in [6.45, 7) is 6.21. The molecule has 1 aromatic heterocycles. The van der Waals surface area contributed by atoms with E-state index < -0.39 is 0 Å². The van der Waals surface area contributed by atoms with Crippen molar-refractivity contribution in [2.24, 2.45) is 5.92 Å². The molecule has 0 unspecified atom stereocenters. The van der Waals surface area contributed by atoms with Crippen LogP contribution in [0.2, 0.25) is 0 Å². The maximum Gasteiger partial charge on any atom is 0.227 e. The van der Waals surface area contributed by atoms with Gasteiger partial charge in [-0.25, -0.2) is 4.98 Å². The molecule has 8 nitrogen and oxygen atoms in total. The highest BCUT2D eigenvalue weighted by molar-refractivity contribution is 5.83. The Morgan fingerprint density at radius 2 is 2.19 bits per heavy atom. The number of nitrogens with one attached hydrogen (secondary N) is 1. The Morgan fingerprint density at radius 1 is 1.38 bits per heavy atom. The molecule has 2 saturated heterocycles. The van der Waals surface area contributed by atoms with Crippen molar-refractivity contribution in [3.05, 3.63) is 18.2 Å². The number of aromatic amines is 1. The van der Waals surface area contributed by atoms with Gasteiger partial charge in [0.25, 0.3) is 0 Å². The fourth-order valence-electron chi connectivity index (χ4n) is 3.64. The van der Waals surface area contributed by atoms with Crippen LogP contribution in [0.4, 0.5) is 0 Å². The molecule has 2 fully saturated rings. The van der Waals surface area contributed by atoms with Crippen LogP contribution in [0.1, 0.15) is 25.1 Å². The fraction of sp³-hybridized carbons (Fsp3) is 0.722. The first-order valence-corrected chi connectivity index (χ1v) is 9.44. The average molecular weight is 363 g/mol. The zero-order valence-electron chi connectivity index (χ0n) is 15.5. The third-order valence-corrected chi connectivity index (χ3v) is 5.17. The number of amides is 2. The summed E-state index contributed by atoms with van der Waals surface area (Å²) in [5, 5.41) is 0. The van der Waals surface area contributed by atoms with Crippen LogP contribution in [-0.2, 0) is 20.9 Å². The van der Waals surface area contributed by atoms with E-state index in [-0.39, 0.29) is 17.7 Å². The maximum absolute atomic E-state index is 12.7. The van der Waals surface area contributed by atoms with E-state index in [1.54, 1.807) is 24.3 Å². The van der Waals surface area contributed by atoms with Gasteiger partial charge in [0.1, 0.15) is 5.82 Å². The van der Waals surface area contributed by atoms with Crippen LogP contribution in [-0.4, -0.2) is 89.5 Å². The molecule has 3 heterocycles. The number of carbonyl (C=O) groups is 2. The zero-order chi connectivity index (χ0) is 18.4. The van der Waals surface area contributed by atoms with E-state index in [1.165, 1.54) is 0 Å². The lowest BCUT2D eigenvalue weighted by Crippen LogP contribution is -2.47. The minimum absolute atomic E-state index is 0.0899. The van der Waals surface area contributed by atoms with Crippen LogP contribution >= 0.6 is 0 Å². The fourth-order valence-corrected chi connectivity index (χ4v) is 3.64. The highest BCUT2D eigenvalue weighted by atomic mass is 16.5.